The summed E-state index contributed by atoms with van der Waals surface area (Å²) in [5.74, 6) is -0.678. The summed E-state index contributed by atoms with van der Waals surface area (Å²) in [5, 5.41) is 6.50. The van der Waals surface area contributed by atoms with Crippen LogP contribution < -0.4 is 0 Å². The average Bonchev–Trinajstić information content (AvgIpc) is 2.25. The first-order valence-corrected chi connectivity index (χ1v) is 5.86. The zero-order valence-electron chi connectivity index (χ0n) is 9.30. The number of alkyl halides is 5. The van der Waals surface area contributed by atoms with Crippen molar-refractivity contribution in [2.45, 2.75) is 17.6 Å². The average molecular weight is 334 g/mol. The Bertz CT molecular complexity index is 529. The molecule has 104 valence electrons. The highest BCUT2D eigenvalue weighted by Gasteiger charge is 2.31. The monoisotopic (exact) mass is 332 g/mol. The van der Waals surface area contributed by atoms with Crippen LogP contribution in [0.5, 0.6) is 0 Å². The minimum Gasteiger partial charge on any atom is -0.294 e. The molecule has 0 saturated heterocycles. The molecule has 1 aromatic carbocycles. The second-order valence-electron chi connectivity index (χ2n) is 3.46. The van der Waals surface area contributed by atoms with Gasteiger partial charge in [-0.05, 0) is 25.1 Å². The van der Waals surface area contributed by atoms with E-state index in [4.69, 9.17) is 34.8 Å². The van der Waals surface area contributed by atoms with Gasteiger partial charge in [0.2, 0.25) is 0 Å². The van der Waals surface area contributed by atoms with Crippen LogP contribution in [0.3, 0.4) is 0 Å². The van der Waals surface area contributed by atoms with Gasteiger partial charge >= 0.3 is 6.18 Å². The highest BCUT2D eigenvalue weighted by molar-refractivity contribution is 6.57. The van der Waals surface area contributed by atoms with E-state index < -0.39 is 22.0 Å². The molecule has 0 saturated carbocycles. The molecule has 0 unspecified atom stereocenters. The fraction of sp³-hybridized carbons (Fsp3) is 0.300. The van der Waals surface area contributed by atoms with Crippen molar-refractivity contribution in [1.82, 2.24) is 0 Å². The Kier molecular flexibility index (Phi) is 4.81. The van der Waals surface area contributed by atoms with Gasteiger partial charge in [0.1, 0.15) is 5.69 Å². The summed E-state index contributed by atoms with van der Waals surface area (Å²) in [6, 6.07) is 2.46. The lowest BCUT2D eigenvalue weighted by Crippen LogP contribution is -2.19. The van der Waals surface area contributed by atoms with Crippen molar-refractivity contribution in [3.8, 4) is 0 Å². The fourth-order valence-electron chi connectivity index (χ4n) is 0.951. The second kappa shape index (κ2) is 5.64. The van der Waals surface area contributed by atoms with Gasteiger partial charge < -0.3 is 0 Å². The summed E-state index contributed by atoms with van der Waals surface area (Å²) in [4.78, 5) is 11.0. The molecule has 0 N–H and O–H groups in total. The summed E-state index contributed by atoms with van der Waals surface area (Å²) in [6.07, 6.45) is -4.51. The van der Waals surface area contributed by atoms with Crippen LogP contribution >= 0.6 is 34.8 Å². The van der Waals surface area contributed by atoms with Gasteiger partial charge in [-0.15, -0.1) is 5.11 Å². The number of azo groups is 1. The number of Topliss-reactive ketones (excluding diaryl/α,β-unsaturated/α-hetero) is 1. The maximum atomic E-state index is 12.4. The van der Waals surface area contributed by atoms with Gasteiger partial charge in [-0.25, -0.2) is 0 Å². The van der Waals surface area contributed by atoms with Gasteiger partial charge in [-0.1, -0.05) is 34.8 Å². The molecule has 0 aliphatic carbocycles. The van der Waals surface area contributed by atoms with Gasteiger partial charge in [-0.3, -0.25) is 4.79 Å². The van der Waals surface area contributed by atoms with E-state index in [0.717, 1.165) is 19.1 Å². The van der Waals surface area contributed by atoms with Crippen molar-refractivity contribution in [3.63, 3.8) is 0 Å². The van der Waals surface area contributed by atoms with E-state index >= 15 is 0 Å². The van der Waals surface area contributed by atoms with E-state index in [2.05, 4.69) is 10.2 Å². The zero-order chi connectivity index (χ0) is 14.8. The Morgan fingerprint density at radius 1 is 1.26 bits per heavy atom. The van der Waals surface area contributed by atoms with Crippen LogP contribution in [0.2, 0.25) is 5.02 Å². The molecule has 0 atom stereocenters. The number of benzene rings is 1. The molecule has 0 bridgehead atoms. The first-order chi connectivity index (χ1) is 8.54. The van der Waals surface area contributed by atoms with Crippen molar-refractivity contribution >= 4 is 46.3 Å². The Labute approximate surface area is 121 Å². The molecule has 0 aliphatic heterocycles. The SMILES string of the molecule is CC(=O)C(Cl)(Cl)N=Nc1ccc(C(F)(F)F)cc1Cl. The standard InChI is InChI=1S/C10H6Cl3F3N2O/c1-5(19)9(12,13)18-17-8-3-2-6(4-7(8)11)10(14,15)16/h2-4H,1H3. The van der Waals surface area contributed by atoms with Crippen LogP contribution in [0.25, 0.3) is 0 Å². The Balaban J connectivity index is 3.06. The van der Waals surface area contributed by atoms with E-state index in [9.17, 15) is 18.0 Å². The summed E-state index contributed by atoms with van der Waals surface area (Å²) < 4.78 is 35.1. The highest BCUT2D eigenvalue weighted by Crippen LogP contribution is 2.36. The maximum absolute atomic E-state index is 12.4. The molecule has 1 rings (SSSR count). The highest BCUT2D eigenvalue weighted by atomic mass is 35.5. The fourth-order valence-corrected chi connectivity index (χ4v) is 1.25. The van der Waals surface area contributed by atoms with E-state index in [1.165, 1.54) is 0 Å². The molecule has 1 aromatic rings. The molecule has 0 radical (unpaired) electrons. The zero-order valence-corrected chi connectivity index (χ0v) is 11.6. The normalized spacial score (nSPS) is 13.0. The summed E-state index contributed by atoms with van der Waals surface area (Å²) in [6.45, 7) is 1.09. The van der Waals surface area contributed by atoms with Crippen LogP contribution in [-0.2, 0) is 11.0 Å². The molecule has 9 heteroatoms. The predicted octanol–water partition coefficient (Wildman–Crippen LogP) is 5.16. The smallest absolute Gasteiger partial charge is 0.294 e. The third kappa shape index (κ3) is 4.33. The third-order valence-electron chi connectivity index (χ3n) is 1.98. The molecular weight excluding hydrogens is 327 g/mol. The van der Waals surface area contributed by atoms with Crippen molar-refractivity contribution in [3.05, 3.63) is 28.8 Å². The van der Waals surface area contributed by atoms with Gasteiger partial charge in [0.15, 0.2) is 5.78 Å². The maximum Gasteiger partial charge on any atom is 0.416 e. The number of carbonyl (C=O) groups excluding carboxylic acids is 1. The van der Waals surface area contributed by atoms with Crippen LogP contribution in [0.1, 0.15) is 12.5 Å². The molecule has 3 nitrogen and oxygen atoms in total. The molecule has 0 amide bonds. The third-order valence-corrected chi connectivity index (χ3v) is 2.97. The number of halogens is 6. The first-order valence-electron chi connectivity index (χ1n) is 4.72. The Hall–Kier alpha value is -0.850. The minimum atomic E-state index is -4.51. The Morgan fingerprint density at radius 3 is 2.26 bits per heavy atom. The van der Waals surface area contributed by atoms with Gasteiger partial charge in [-0.2, -0.15) is 18.3 Å². The number of hydrogen-bond acceptors (Lipinski definition) is 3. The molecule has 0 fully saturated rings. The number of hydrogen-bond donors (Lipinski definition) is 0. The predicted molar refractivity (Wildman–Crippen MR) is 66.1 cm³/mol. The van der Waals surface area contributed by atoms with E-state index in [0.29, 0.717) is 6.07 Å². The summed E-state index contributed by atoms with van der Waals surface area (Å²) in [7, 11) is 0. The minimum absolute atomic E-state index is 0.0819. The largest absolute Gasteiger partial charge is 0.416 e. The van der Waals surface area contributed by atoms with Gasteiger partial charge in [0.25, 0.3) is 4.46 Å². The number of nitrogens with zero attached hydrogens (tertiary/aromatic N) is 2. The van der Waals surface area contributed by atoms with Crippen molar-refractivity contribution in [2.24, 2.45) is 10.2 Å². The lowest BCUT2D eigenvalue weighted by Gasteiger charge is -2.09. The quantitative estimate of drug-likeness (QED) is 0.428. The van der Waals surface area contributed by atoms with Crippen molar-refractivity contribution < 1.29 is 18.0 Å². The molecular formula is C10H6Cl3F3N2O. The lowest BCUT2D eigenvalue weighted by molar-refractivity contribution is -0.137. The van der Waals surface area contributed by atoms with E-state index in [1.54, 1.807) is 0 Å². The second-order valence-corrected chi connectivity index (χ2v) is 5.16. The topological polar surface area (TPSA) is 41.8 Å². The van der Waals surface area contributed by atoms with Crippen molar-refractivity contribution in [2.75, 3.05) is 0 Å². The number of rotatable bonds is 3. The van der Waals surface area contributed by atoms with Gasteiger partial charge in [0, 0.05) is 0 Å². The number of ketones is 1. The number of carbonyl (C=O) groups is 1. The van der Waals surface area contributed by atoms with Crippen LogP contribution in [0.4, 0.5) is 18.9 Å². The summed E-state index contributed by atoms with van der Waals surface area (Å²) in [5.41, 5.74) is -1.01. The van der Waals surface area contributed by atoms with Crippen LogP contribution in [0, 0.1) is 0 Å². The van der Waals surface area contributed by atoms with Crippen LogP contribution in [0.15, 0.2) is 28.4 Å². The lowest BCUT2D eigenvalue weighted by atomic mass is 10.2. The van der Waals surface area contributed by atoms with Crippen molar-refractivity contribution in [1.29, 1.82) is 0 Å². The van der Waals surface area contributed by atoms with Crippen LogP contribution in [-0.4, -0.2) is 10.2 Å². The van der Waals surface area contributed by atoms with Gasteiger partial charge in [0.05, 0.1) is 10.6 Å². The molecule has 0 heterocycles. The molecule has 19 heavy (non-hydrogen) atoms. The van der Waals surface area contributed by atoms with E-state index in [-0.39, 0.29) is 10.7 Å². The molecule has 0 aromatic heterocycles. The first kappa shape index (κ1) is 16.2. The Morgan fingerprint density at radius 2 is 1.84 bits per heavy atom. The van der Waals surface area contributed by atoms with E-state index in [1.807, 2.05) is 0 Å². The molecule has 0 spiro atoms. The summed E-state index contributed by atoms with van der Waals surface area (Å²) >= 11 is 16.6. The molecule has 0 aliphatic rings.